The van der Waals surface area contributed by atoms with E-state index in [0.717, 1.165) is 31.3 Å². The number of hydrogen-bond donors (Lipinski definition) is 1. The highest BCUT2D eigenvalue weighted by molar-refractivity contribution is 7.07. The molecule has 1 atom stereocenters. The standard InChI is InChI=1S/C15H26N2S/c1-13(2)15-4-8-17(11-15)9-7-16-6-3-14-5-10-18-12-14/h5,10,12-13,15-16H,3-4,6-9,11H2,1-2H3. The van der Waals surface area contributed by atoms with E-state index in [1.54, 1.807) is 11.3 Å². The fourth-order valence-electron chi connectivity index (χ4n) is 2.64. The molecule has 0 aromatic carbocycles. The lowest BCUT2D eigenvalue weighted by molar-refractivity contribution is 0.302. The van der Waals surface area contributed by atoms with E-state index < -0.39 is 0 Å². The maximum atomic E-state index is 3.56. The highest BCUT2D eigenvalue weighted by Gasteiger charge is 2.23. The van der Waals surface area contributed by atoms with Gasteiger partial charge in [0.15, 0.2) is 0 Å². The maximum Gasteiger partial charge on any atom is 0.0107 e. The summed E-state index contributed by atoms with van der Waals surface area (Å²) in [5, 5.41) is 7.96. The van der Waals surface area contributed by atoms with E-state index >= 15 is 0 Å². The second-order valence-corrected chi connectivity index (χ2v) is 6.51. The quantitative estimate of drug-likeness (QED) is 0.764. The van der Waals surface area contributed by atoms with Crippen molar-refractivity contribution in [1.82, 2.24) is 10.2 Å². The molecule has 0 saturated carbocycles. The van der Waals surface area contributed by atoms with Crippen molar-refractivity contribution in [2.24, 2.45) is 11.8 Å². The highest BCUT2D eigenvalue weighted by Crippen LogP contribution is 2.22. The Labute approximate surface area is 115 Å². The Morgan fingerprint density at radius 2 is 2.33 bits per heavy atom. The van der Waals surface area contributed by atoms with Crippen molar-refractivity contribution in [2.45, 2.75) is 26.7 Å². The van der Waals surface area contributed by atoms with Crippen LogP contribution >= 0.6 is 11.3 Å². The molecule has 2 heterocycles. The van der Waals surface area contributed by atoms with Crippen molar-refractivity contribution in [1.29, 1.82) is 0 Å². The van der Waals surface area contributed by atoms with Crippen LogP contribution in [0, 0.1) is 11.8 Å². The van der Waals surface area contributed by atoms with Gasteiger partial charge in [-0.1, -0.05) is 13.8 Å². The van der Waals surface area contributed by atoms with Crippen LogP contribution in [0.3, 0.4) is 0 Å². The SMILES string of the molecule is CC(C)C1CCN(CCNCCc2ccsc2)C1. The zero-order chi connectivity index (χ0) is 12.8. The first-order chi connectivity index (χ1) is 8.75. The van der Waals surface area contributed by atoms with Crippen molar-refractivity contribution in [3.05, 3.63) is 22.4 Å². The van der Waals surface area contributed by atoms with Crippen LogP contribution in [0.2, 0.25) is 0 Å². The molecule has 0 radical (unpaired) electrons. The molecule has 18 heavy (non-hydrogen) atoms. The molecule has 0 bridgehead atoms. The molecule has 0 aliphatic carbocycles. The van der Waals surface area contributed by atoms with Gasteiger partial charge in [-0.2, -0.15) is 11.3 Å². The molecule has 1 aliphatic rings. The summed E-state index contributed by atoms with van der Waals surface area (Å²) in [5.74, 6) is 1.78. The molecule has 1 unspecified atom stereocenters. The summed E-state index contributed by atoms with van der Waals surface area (Å²) in [4.78, 5) is 2.61. The van der Waals surface area contributed by atoms with Gasteiger partial charge in [0.2, 0.25) is 0 Å². The molecular formula is C15H26N2S. The van der Waals surface area contributed by atoms with Crippen LogP contribution in [-0.4, -0.2) is 37.6 Å². The molecule has 102 valence electrons. The van der Waals surface area contributed by atoms with Gasteiger partial charge in [0.25, 0.3) is 0 Å². The van der Waals surface area contributed by atoms with Gasteiger partial charge in [-0.05, 0) is 60.2 Å². The Morgan fingerprint density at radius 3 is 3.00 bits per heavy atom. The van der Waals surface area contributed by atoms with Gasteiger partial charge >= 0.3 is 0 Å². The van der Waals surface area contributed by atoms with Gasteiger partial charge in [0.1, 0.15) is 0 Å². The van der Waals surface area contributed by atoms with E-state index in [1.165, 1.54) is 31.6 Å². The van der Waals surface area contributed by atoms with Crippen LogP contribution in [0.5, 0.6) is 0 Å². The molecular weight excluding hydrogens is 240 g/mol. The lowest BCUT2D eigenvalue weighted by Gasteiger charge is -2.17. The van der Waals surface area contributed by atoms with Crippen LogP contribution in [0.4, 0.5) is 0 Å². The molecule has 2 nitrogen and oxygen atoms in total. The van der Waals surface area contributed by atoms with E-state index in [9.17, 15) is 0 Å². The average molecular weight is 266 g/mol. The first kappa shape index (κ1) is 14.0. The summed E-state index contributed by atoms with van der Waals surface area (Å²) in [6.45, 7) is 10.8. The predicted molar refractivity (Wildman–Crippen MR) is 80.3 cm³/mol. The van der Waals surface area contributed by atoms with Crippen molar-refractivity contribution >= 4 is 11.3 Å². The number of rotatable bonds is 7. The minimum absolute atomic E-state index is 0.849. The molecule has 1 aliphatic heterocycles. The lowest BCUT2D eigenvalue weighted by Crippen LogP contribution is -2.31. The van der Waals surface area contributed by atoms with Gasteiger partial charge in [-0.3, -0.25) is 0 Å². The van der Waals surface area contributed by atoms with E-state index in [4.69, 9.17) is 0 Å². The summed E-state index contributed by atoms with van der Waals surface area (Å²) >= 11 is 1.79. The van der Waals surface area contributed by atoms with Gasteiger partial charge in [0.05, 0.1) is 0 Å². The Morgan fingerprint density at radius 1 is 1.44 bits per heavy atom. The van der Waals surface area contributed by atoms with Crippen LogP contribution in [0.25, 0.3) is 0 Å². The summed E-state index contributed by atoms with van der Waals surface area (Å²) in [7, 11) is 0. The van der Waals surface area contributed by atoms with Crippen molar-refractivity contribution in [3.8, 4) is 0 Å². The average Bonchev–Trinajstić information content (AvgIpc) is 2.98. The number of nitrogens with one attached hydrogen (secondary N) is 1. The summed E-state index contributed by atoms with van der Waals surface area (Å²) in [6, 6.07) is 2.22. The topological polar surface area (TPSA) is 15.3 Å². The highest BCUT2D eigenvalue weighted by atomic mass is 32.1. The number of hydrogen-bond acceptors (Lipinski definition) is 3. The molecule has 3 heteroatoms. The Kier molecular flexibility index (Phi) is 5.67. The summed E-state index contributed by atoms with van der Waals surface area (Å²) < 4.78 is 0. The zero-order valence-electron chi connectivity index (χ0n) is 11.7. The number of likely N-dealkylation sites (tertiary alicyclic amines) is 1. The summed E-state index contributed by atoms with van der Waals surface area (Å²) in [6.07, 6.45) is 2.56. The number of nitrogens with zero attached hydrogens (tertiary/aromatic N) is 1. The van der Waals surface area contributed by atoms with Crippen LogP contribution in [-0.2, 0) is 6.42 Å². The van der Waals surface area contributed by atoms with Crippen LogP contribution < -0.4 is 5.32 Å². The van der Waals surface area contributed by atoms with E-state index in [-0.39, 0.29) is 0 Å². The molecule has 1 saturated heterocycles. The second-order valence-electron chi connectivity index (χ2n) is 5.72. The van der Waals surface area contributed by atoms with Gasteiger partial charge in [-0.15, -0.1) is 0 Å². The Bertz CT molecular complexity index is 321. The van der Waals surface area contributed by atoms with E-state index in [2.05, 4.69) is 40.9 Å². The molecule has 1 fully saturated rings. The molecule has 0 amide bonds. The smallest absolute Gasteiger partial charge is 0.0107 e. The lowest BCUT2D eigenvalue weighted by atomic mass is 9.95. The number of thiophene rings is 1. The molecule has 0 spiro atoms. The maximum absolute atomic E-state index is 3.56. The van der Waals surface area contributed by atoms with Crippen LogP contribution in [0.15, 0.2) is 16.8 Å². The summed E-state index contributed by atoms with van der Waals surface area (Å²) in [5.41, 5.74) is 1.47. The molecule has 1 aromatic rings. The third-order valence-electron chi connectivity index (χ3n) is 4.03. The van der Waals surface area contributed by atoms with E-state index in [1.807, 2.05) is 0 Å². The monoisotopic (exact) mass is 266 g/mol. The predicted octanol–water partition coefficient (Wildman–Crippen LogP) is 2.86. The minimum Gasteiger partial charge on any atom is -0.315 e. The van der Waals surface area contributed by atoms with E-state index in [0.29, 0.717) is 0 Å². The zero-order valence-corrected chi connectivity index (χ0v) is 12.5. The Hall–Kier alpha value is -0.380. The first-order valence-electron chi connectivity index (χ1n) is 7.20. The largest absolute Gasteiger partial charge is 0.315 e. The minimum atomic E-state index is 0.849. The fraction of sp³-hybridized carbons (Fsp3) is 0.733. The van der Waals surface area contributed by atoms with Crippen molar-refractivity contribution < 1.29 is 0 Å². The second kappa shape index (κ2) is 7.27. The molecule has 1 aromatic heterocycles. The van der Waals surface area contributed by atoms with Crippen molar-refractivity contribution in [2.75, 3.05) is 32.7 Å². The van der Waals surface area contributed by atoms with Crippen LogP contribution in [0.1, 0.15) is 25.8 Å². The van der Waals surface area contributed by atoms with Gasteiger partial charge < -0.3 is 10.2 Å². The molecule has 2 rings (SSSR count). The van der Waals surface area contributed by atoms with Crippen molar-refractivity contribution in [3.63, 3.8) is 0 Å². The fourth-order valence-corrected chi connectivity index (χ4v) is 3.34. The third-order valence-corrected chi connectivity index (χ3v) is 4.76. The normalized spacial score (nSPS) is 20.9. The third kappa shape index (κ3) is 4.38. The van der Waals surface area contributed by atoms with Gasteiger partial charge in [0, 0.05) is 19.6 Å². The Balaban J connectivity index is 1.51. The molecule has 1 N–H and O–H groups in total. The van der Waals surface area contributed by atoms with Gasteiger partial charge in [-0.25, -0.2) is 0 Å². The first-order valence-corrected chi connectivity index (χ1v) is 8.14.